The molecule has 0 aromatic carbocycles. The van der Waals surface area contributed by atoms with Crippen LogP contribution < -0.4 is 0 Å². The first kappa shape index (κ1) is 21.4. The van der Waals surface area contributed by atoms with Crippen molar-refractivity contribution in [1.82, 2.24) is 0 Å². The van der Waals surface area contributed by atoms with Crippen molar-refractivity contribution in [2.24, 2.45) is 5.92 Å². The third kappa shape index (κ3) is 14.4. The summed E-state index contributed by atoms with van der Waals surface area (Å²) >= 11 is 1.96. The summed E-state index contributed by atoms with van der Waals surface area (Å²) in [6.45, 7) is 2.29. The van der Waals surface area contributed by atoms with Crippen molar-refractivity contribution in [3.05, 3.63) is 0 Å². The fourth-order valence-electron chi connectivity index (χ4n) is 3.22. The summed E-state index contributed by atoms with van der Waals surface area (Å²) in [6, 6.07) is 0. The van der Waals surface area contributed by atoms with Crippen molar-refractivity contribution < 1.29 is 5.11 Å². The van der Waals surface area contributed by atoms with Crippen molar-refractivity contribution in [2.75, 3.05) is 11.5 Å². The average molecular weight is 343 g/mol. The van der Waals surface area contributed by atoms with Crippen LogP contribution in [0.4, 0.5) is 0 Å². The van der Waals surface area contributed by atoms with Crippen LogP contribution in [0.1, 0.15) is 110 Å². The fourth-order valence-corrected chi connectivity index (χ4v) is 4.31. The summed E-state index contributed by atoms with van der Waals surface area (Å²) in [7, 11) is 0. The lowest BCUT2D eigenvalue weighted by atomic mass is 10.0. The molecule has 1 fully saturated rings. The number of aliphatic hydroxyl groups is 1. The van der Waals surface area contributed by atoms with Gasteiger partial charge in [-0.15, -0.1) is 0 Å². The van der Waals surface area contributed by atoms with E-state index in [0.29, 0.717) is 5.92 Å². The van der Waals surface area contributed by atoms with Crippen LogP contribution in [0.25, 0.3) is 0 Å². The van der Waals surface area contributed by atoms with Crippen LogP contribution in [0, 0.1) is 5.92 Å². The highest BCUT2D eigenvalue weighted by molar-refractivity contribution is 7.99. The number of rotatable bonds is 18. The molecule has 0 aromatic heterocycles. The molecule has 23 heavy (non-hydrogen) atoms. The van der Waals surface area contributed by atoms with Gasteiger partial charge in [-0.25, -0.2) is 0 Å². The second-order valence-electron chi connectivity index (χ2n) is 7.58. The molecule has 2 heteroatoms. The molecule has 0 spiro atoms. The van der Waals surface area contributed by atoms with E-state index < -0.39 is 0 Å². The molecule has 1 aliphatic rings. The third-order valence-electron chi connectivity index (χ3n) is 5.10. The first-order chi connectivity index (χ1) is 11.3. The summed E-state index contributed by atoms with van der Waals surface area (Å²) in [5.41, 5.74) is 0. The smallest absolute Gasteiger partial charge is 0.0658 e. The number of aliphatic hydroxyl groups excluding tert-OH is 1. The van der Waals surface area contributed by atoms with E-state index in [1.54, 1.807) is 0 Å². The van der Waals surface area contributed by atoms with Gasteiger partial charge in [0.15, 0.2) is 0 Å². The van der Waals surface area contributed by atoms with E-state index in [0.717, 1.165) is 5.75 Å². The number of hydrogen-bond donors (Lipinski definition) is 1. The summed E-state index contributed by atoms with van der Waals surface area (Å²) < 4.78 is 0. The molecule has 1 nitrogen and oxygen atoms in total. The summed E-state index contributed by atoms with van der Waals surface area (Å²) in [6.07, 6.45) is 22.6. The summed E-state index contributed by atoms with van der Waals surface area (Å²) in [4.78, 5) is 0. The van der Waals surface area contributed by atoms with Crippen LogP contribution in [0.5, 0.6) is 0 Å². The maximum Gasteiger partial charge on any atom is 0.0658 e. The molecular weight excluding hydrogens is 300 g/mol. The van der Waals surface area contributed by atoms with Gasteiger partial charge in [0.05, 0.1) is 6.10 Å². The highest BCUT2D eigenvalue weighted by atomic mass is 32.2. The largest absolute Gasteiger partial charge is 0.392 e. The van der Waals surface area contributed by atoms with Gasteiger partial charge in [0.25, 0.3) is 0 Å². The standard InChI is InChI=1S/C21H42OS/c1-2-3-4-5-6-7-8-9-10-11-12-13-14-15-18-23-19-21(22)20-16-17-20/h20-22H,2-19H2,1H3. The topological polar surface area (TPSA) is 20.2 Å². The first-order valence-corrected chi connectivity index (χ1v) is 11.8. The Labute approximate surface area is 150 Å². The van der Waals surface area contributed by atoms with Gasteiger partial charge in [-0.1, -0.05) is 90.4 Å². The van der Waals surface area contributed by atoms with Crippen molar-refractivity contribution >= 4 is 11.8 Å². The van der Waals surface area contributed by atoms with E-state index in [9.17, 15) is 5.11 Å². The van der Waals surface area contributed by atoms with Gasteiger partial charge in [0.2, 0.25) is 0 Å². The molecule has 1 N–H and O–H groups in total. The molecule has 0 radical (unpaired) electrons. The monoisotopic (exact) mass is 342 g/mol. The van der Waals surface area contributed by atoms with Gasteiger partial charge < -0.3 is 5.11 Å². The molecule has 1 unspecified atom stereocenters. The molecule has 1 aliphatic carbocycles. The second-order valence-corrected chi connectivity index (χ2v) is 8.73. The minimum Gasteiger partial charge on any atom is -0.392 e. The van der Waals surface area contributed by atoms with Crippen LogP contribution in [0.3, 0.4) is 0 Å². The highest BCUT2D eigenvalue weighted by Crippen LogP contribution is 2.33. The predicted molar refractivity (Wildman–Crippen MR) is 106 cm³/mol. The fraction of sp³-hybridized carbons (Fsp3) is 1.00. The Morgan fingerprint density at radius 3 is 1.61 bits per heavy atom. The van der Waals surface area contributed by atoms with Gasteiger partial charge in [-0.05, 0) is 30.9 Å². The van der Waals surface area contributed by atoms with Crippen LogP contribution >= 0.6 is 11.8 Å². The van der Waals surface area contributed by atoms with Gasteiger partial charge in [0, 0.05) is 5.75 Å². The third-order valence-corrected chi connectivity index (χ3v) is 6.25. The van der Waals surface area contributed by atoms with Gasteiger partial charge in [0.1, 0.15) is 0 Å². The van der Waals surface area contributed by atoms with Crippen molar-refractivity contribution in [1.29, 1.82) is 0 Å². The molecule has 0 aromatic rings. The lowest BCUT2D eigenvalue weighted by Gasteiger charge is -2.08. The number of thioether (sulfide) groups is 1. The molecular formula is C21H42OS. The van der Waals surface area contributed by atoms with E-state index in [1.165, 1.54) is 108 Å². The second kappa shape index (κ2) is 15.8. The van der Waals surface area contributed by atoms with E-state index in [4.69, 9.17) is 0 Å². The normalized spacial score (nSPS) is 15.9. The van der Waals surface area contributed by atoms with Gasteiger partial charge in [-0.3, -0.25) is 0 Å². The quantitative estimate of drug-likeness (QED) is 0.271. The first-order valence-electron chi connectivity index (χ1n) is 10.6. The van der Waals surface area contributed by atoms with E-state index >= 15 is 0 Å². The molecule has 1 rings (SSSR count). The zero-order valence-electron chi connectivity index (χ0n) is 15.7. The maximum atomic E-state index is 9.78. The van der Waals surface area contributed by atoms with Crippen LogP contribution in [-0.4, -0.2) is 22.7 Å². The molecule has 0 heterocycles. The zero-order valence-corrected chi connectivity index (χ0v) is 16.6. The van der Waals surface area contributed by atoms with Crippen LogP contribution in [-0.2, 0) is 0 Å². The SMILES string of the molecule is CCCCCCCCCCCCCCCCSCC(O)C1CC1. The minimum atomic E-state index is -0.00774. The van der Waals surface area contributed by atoms with Gasteiger partial charge >= 0.3 is 0 Å². The summed E-state index contributed by atoms with van der Waals surface area (Å²) in [5, 5.41) is 9.78. The van der Waals surface area contributed by atoms with Crippen molar-refractivity contribution in [3.8, 4) is 0 Å². The Hall–Kier alpha value is 0.310. The van der Waals surface area contributed by atoms with Crippen molar-refractivity contribution in [2.45, 2.75) is 116 Å². The van der Waals surface area contributed by atoms with Crippen LogP contribution in [0.2, 0.25) is 0 Å². The van der Waals surface area contributed by atoms with Crippen molar-refractivity contribution in [3.63, 3.8) is 0 Å². The maximum absolute atomic E-state index is 9.78. The Bertz CT molecular complexity index is 240. The Morgan fingerprint density at radius 2 is 1.17 bits per heavy atom. The molecule has 0 saturated heterocycles. The molecule has 0 bridgehead atoms. The number of hydrogen-bond acceptors (Lipinski definition) is 2. The lowest BCUT2D eigenvalue weighted by molar-refractivity contribution is 0.176. The summed E-state index contributed by atoms with van der Waals surface area (Å²) in [5.74, 6) is 2.88. The van der Waals surface area contributed by atoms with E-state index in [2.05, 4.69) is 6.92 Å². The predicted octanol–water partition coefficient (Wildman–Crippen LogP) is 6.97. The molecule has 0 amide bonds. The van der Waals surface area contributed by atoms with E-state index in [-0.39, 0.29) is 6.10 Å². The molecule has 1 atom stereocenters. The number of unbranched alkanes of at least 4 members (excludes halogenated alkanes) is 13. The van der Waals surface area contributed by atoms with Crippen LogP contribution in [0.15, 0.2) is 0 Å². The molecule has 0 aliphatic heterocycles. The Morgan fingerprint density at radius 1 is 0.739 bits per heavy atom. The molecule has 138 valence electrons. The molecule has 1 saturated carbocycles. The Balaban J connectivity index is 1.64. The Kier molecular flexibility index (Phi) is 14.7. The van der Waals surface area contributed by atoms with Gasteiger partial charge in [-0.2, -0.15) is 11.8 Å². The minimum absolute atomic E-state index is 0.00774. The van der Waals surface area contributed by atoms with E-state index in [1.807, 2.05) is 11.8 Å². The average Bonchev–Trinajstić information content (AvgIpc) is 3.39. The zero-order chi connectivity index (χ0) is 16.6. The highest BCUT2D eigenvalue weighted by Gasteiger charge is 2.29. The lowest BCUT2D eigenvalue weighted by Crippen LogP contribution is -2.12.